The molecule has 0 aromatic rings. The number of hydrogen-bond donors (Lipinski definition) is 4. The van der Waals surface area contributed by atoms with Crippen molar-refractivity contribution in [1.82, 2.24) is 4.72 Å². The van der Waals surface area contributed by atoms with Gasteiger partial charge in [0.15, 0.2) is 6.29 Å². The molecule has 0 aromatic carbocycles. The zero-order chi connectivity index (χ0) is 18.4. The maximum Gasteiger partial charge on any atom is 0.511 e. The van der Waals surface area contributed by atoms with Crippen LogP contribution in [-0.2, 0) is 19.5 Å². The van der Waals surface area contributed by atoms with Crippen LogP contribution >= 0.6 is 0 Å². The molecule has 1 rings (SSSR count). The third-order valence-corrected chi connectivity index (χ3v) is 3.86. The lowest BCUT2D eigenvalue weighted by Crippen LogP contribution is -2.50. The molecule has 1 fully saturated rings. The maximum atomic E-state index is 11.2. The van der Waals surface area contributed by atoms with E-state index in [0.717, 1.165) is 4.72 Å². The van der Waals surface area contributed by atoms with E-state index in [2.05, 4.69) is 0 Å². The van der Waals surface area contributed by atoms with Crippen molar-refractivity contribution in [2.45, 2.75) is 56.5 Å². The Morgan fingerprint density at radius 2 is 1.87 bits per heavy atom. The molecule has 8 nitrogen and oxygen atoms in total. The number of alkyl halides is 3. The molecule has 1 aliphatic heterocycles. The maximum absolute atomic E-state index is 11.2. The van der Waals surface area contributed by atoms with E-state index in [1.165, 1.54) is 0 Å². The van der Waals surface area contributed by atoms with Crippen LogP contribution in [0.1, 0.15) is 20.3 Å². The summed E-state index contributed by atoms with van der Waals surface area (Å²) in [5, 5.41) is 27.7. The lowest BCUT2D eigenvalue weighted by molar-refractivity contribution is -0.265. The van der Waals surface area contributed by atoms with Crippen LogP contribution < -0.4 is 4.72 Å². The predicted octanol–water partition coefficient (Wildman–Crippen LogP) is -0.704. The highest BCUT2D eigenvalue weighted by atomic mass is 32.2. The summed E-state index contributed by atoms with van der Waals surface area (Å²) in [5.74, 6) is 0. The molecule has 0 aromatic heterocycles. The summed E-state index contributed by atoms with van der Waals surface area (Å²) in [4.78, 5) is 0. The molecular formula is C11H22F3NO7S. The molecule has 1 saturated heterocycles. The summed E-state index contributed by atoms with van der Waals surface area (Å²) in [6.45, 7) is 3.39. The van der Waals surface area contributed by atoms with E-state index in [4.69, 9.17) is 14.6 Å². The molecule has 0 saturated carbocycles. The third-order valence-electron chi connectivity index (χ3n) is 2.71. The molecule has 0 amide bonds. The van der Waals surface area contributed by atoms with Crippen molar-refractivity contribution in [3.63, 3.8) is 0 Å². The normalized spacial score (nSPS) is 29.1. The Bertz CT molecular complexity index is 443. The minimum Gasteiger partial charge on any atom is -0.394 e. The van der Waals surface area contributed by atoms with Crippen molar-refractivity contribution in [2.75, 3.05) is 13.7 Å². The first-order valence-corrected chi connectivity index (χ1v) is 8.11. The Hall–Kier alpha value is -0.500. The number of hydrogen-bond acceptors (Lipinski definition) is 7. The second-order valence-electron chi connectivity index (χ2n) is 4.92. The van der Waals surface area contributed by atoms with Gasteiger partial charge in [-0.15, -0.1) is 0 Å². The van der Waals surface area contributed by atoms with E-state index in [1.807, 2.05) is 13.8 Å². The molecule has 0 radical (unpaired) electrons. The van der Waals surface area contributed by atoms with Gasteiger partial charge in [-0.1, -0.05) is 0 Å². The van der Waals surface area contributed by atoms with Crippen LogP contribution in [0, 0.1) is 0 Å². The van der Waals surface area contributed by atoms with Crippen molar-refractivity contribution in [3.05, 3.63) is 0 Å². The summed E-state index contributed by atoms with van der Waals surface area (Å²) in [6.07, 6.45) is -3.03. The van der Waals surface area contributed by atoms with Gasteiger partial charge in [0.1, 0.15) is 12.2 Å². The number of sulfonamides is 1. The SMILES string of the molecule is CC(C)OC1CC(O)C(O)C(CO)O1.CNS(=O)(=O)C(F)(F)F. The van der Waals surface area contributed by atoms with Gasteiger partial charge in [0.05, 0.1) is 18.8 Å². The molecular weight excluding hydrogens is 347 g/mol. The monoisotopic (exact) mass is 369 g/mol. The number of aliphatic hydroxyl groups excluding tert-OH is 3. The van der Waals surface area contributed by atoms with Crippen LogP contribution in [0.3, 0.4) is 0 Å². The number of nitrogens with one attached hydrogen (secondary N) is 1. The zero-order valence-electron chi connectivity index (χ0n) is 12.8. The lowest BCUT2D eigenvalue weighted by Gasteiger charge is -2.36. The predicted molar refractivity (Wildman–Crippen MR) is 72.6 cm³/mol. The first-order valence-electron chi connectivity index (χ1n) is 6.63. The van der Waals surface area contributed by atoms with Gasteiger partial charge >= 0.3 is 15.5 Å². The van der Waals surface area contributed by atoms with Gasteiger partial charge in [-0.25, -0.2) is 13.1 Å². The molecule has 4 N–H and O–H groups in total. The Labute approximate surface area is 132 Å². The standard InChI is InChI=1S/C9H18O5.C2H4F3NO2S/c1-5(2)13-8-3-6(11)9(12)7(4-10)14-8;1-6-9(7,8)2(3,4)5/h5-12H,3-4H2,1-2H3;6H,1H3. The largest absolute Gasteiger partial charge is 0.511 e. The smallest absolute Gasteiger partial charge is 0.394 e. The van der Waals surface area contributed by atoms with Gasteiger partial charge < -0.3 is 24.8 Å². The Kier molecular flexibility index (Phi) is 8.91. The van der Waals surface area contributed by atoms with Crippen molar-refractivity contribution in [2.24, 2.45) is 0 Å². The van der Waals surface area contributed by atoms with Crippen LogP contribution in [0.2, 0.25) is 0 Å². The molecule has 140 valence electrons. The fourth-order valence-electron chi connectivity index (χ4n) is 1.57. The first-order chi connectivity index (χ1) is 10.4. The molecule has 1 aliphatic rings. The van der Waals surface area contributed by atoms with Crippen LogP contribution in [0.25, 0.3) is 0 Å². The highest BCUT2D eigenvalue weighted by molar-refractivity contribution is 7.90. The Balaban J connectivity index is 0.000000468. The topological polar surface area (TPSA) is 125 Å². The van der Waals surface area contributed by atoms with Gasteiger partial charge in [-0.3, -0.25) is 0 Å². The van der Waals surface area contributed by atoms with Gasteiger partial charge in [0.2, 0.25) is 0 Å². The van der Waals surface area contributed by atoms with Gasteiger partial charge in [-0.2, -0.15) is 13.2 Å². The summed E-state index contributed by atoms with van der Waals surface area (Å²) < 4.78 is 64.8. The highest BCUT2D eigenvalue weighted by Crippen LogP contribution is 2.22. The van der Waals surface area contributed by atoms with E-state index in [0.29, 0.717) is 7.05 Å². The molecule has 0 bridgehead atoms. The second-order valence-corrected chi connectivity index (χ2v) is 6.80. The van der Waals surface area contributed by atoms with Gasteiger partial charge in [0, 0.05) is 6.42 Å². The number of halogens is 3. The molecule has 4 unspecified atom stereocenters. The molecule has 12 heteroatoms. The van der Waals surface area contributed by atoms with Crippen LogP contribution in [-0.4, -0.2) is 73.6 Å². The van der Waals surface area contributed by atoms with E-state index in [9.17, 15) is 31.8 Å². The van der Waals surface area contributed by atoms with E-state index in [-0.39, 0.29) is 19.1 Å². The highest BCUT2D eigenvalue weighted by Gasteiger charge is 2.44. The molecule has 0 spiro atoms. The number of aliphatic hydroxyl groups is 3. The summed E-state index contributed by atoms with van der Waals surface area (Å²) in [7, 11) is -4.39. The average Bonchev–Trinajstić information content (AvgIpc) is 2.41. The van der Waals surface area contributed by atoms with Crippen molar-refractivity contribution in [3.8, 4) is 0 Å². The van der Waals surface area contributed by atoms with E-state index in [1.54, 1.807) is 0 Å². The van der Waals surface area contributed by atoms with Crippen molar-refractivity contribution in [1.29, 1.82) is 0 Å². The number of rotatable bonds is 4. The minimum atomic E-state index is -5.19. The van der Waals surface area contributed by atoms with E-state index >= 15 is 0 Å². The van der Waals surface area contributed by atoms with Crippen LogP contribution in [0.5, 0.6) is 0 Å². The molecule has 1 heterocycles. The first kappa shape index (κ1) is 22.5. The summed E-state index contributed by atoms with van der Waals surface area (Å²) in [5.41, 5.74) is -5.19. The molecule has 4 atom stereocenters. The molecule has 0 aliphatic carbocycles. The minimum absolute atomic E-state index is 0.0122. The fourth-order valence-corrected chi connectivity index (χ4v) is 1.80. The van der Waals surface area contributed by atoms with Gasteiger partial charge in [0.25, 0.3) is 0 Å². The average molecular weight is 369 g/mol. The second kappa shape index (κ2) is 9.11. The zero-order valence-corrected chi connectivity index (χ0v) is 13.6. The fraction of sp³-hybridized carbons (Fsp3) is 1.00. The third kappa shape index (κ3) is 7.28. The van der Waals surface area contributed by atoms with Crippen LogP contribution in [0.15, 0.2) is 0 Å². The summed E-state index contributed by atoms with van der Waals surface area (Å²) in [6, 6.07) is 0. The Morgan fingerprint density at radius 1 is 1.35 bits per heavy atom. The van der Waals surface area contributed by atoms with Crippen molar-refractivity contribution >= 4 is 10.0 Å². The van der Waals surface area contributed by atoms with Crippen molar-refractivity contribution < 1.29 is 46.4 Å². The summed E-state index contributed by atoms with van der Waals surface area (Å²) >= 11 is 0. The lowest BCUT2D eigenvalue weighted by atomic mass is 10.0. The van der Waals surface area contributed by atoms with Crippen LogP contribution in [0.4, 0.5) is 13.2 Å². The quantitative estimate of drug-likeness (QED) is 0.516. The van der Waals surface area contributed by atoms with E-state index < -0.39 is 40.1 Å². The molecule has 23 heavy (non-hydrogen) atoms. The Morgan fingerprint density at radius 3 is 2.17 bits per heavy atom. The van der Waals surface area contributed by atoms with Gasteiger partial charge in [-0.05, 0) is 20.9 Å². The number of ether oxygens (including phenoxy) is 2.